The number of carbonyl (C=O) groups is 3. The van der Waals surface area contributed by atoms with E-state index >= 15 is 0 Å². The van der Waals surface area contributed by atoms with E-state index in [9.17, 15) is 24.5 Å². The molecule has 9 heteroatoms. The van der Waals surface area contributed by atoms with E-state index < -0.39 is 28.5 Å². The van der Waals surface area contributed by atoms with Crippen LogP contribution in [0.1, 0.15) is 5.56 Å². The molecule has 0 unspecified atom stereocenters. The number of thioether (sulfide) groups is 1. The Bertz CT molecular complexity index is 958. The minimum Gasteiger partial charge on any atom is -0.324 e. The normalized spacial score (nSPS) is 15.3. The van der Waals surface area contributed by atoms with Crippen molar-refractivity contribution in [1.29, 1.82) is 0 Å². The molecule has 2 aromatic rings. The zero-order valence-corrected chi connectivity index (χ0v) is 14.6. The maximum absolute atomic E-state index is 12.4. The quantitative estimate of drug-likeness (QED) is 0.482. The lowest BCUT2D eigenvalue weighted by molar-refractivity contribution is -0.384. The van der Waals surface area contributed by atoms with Crippen molar-refractivity contribution in [1.82, 2.24) is 4.90 Å². The second-order valence-corrected chi connectivity index (χ2v) is 6.53. The summed E-state index contributed by atoms with van der Waals surface area (Å²) >= 11 is 0.761. The predicted octanol–water partition coefficient (Wildman–Crippen LogP) is 3.27. The molecule has 0 spiro atoms. The number of imide groups is 1. The molecular formula is C18H13N3O5S. The van der Waals surface area contributed by atoms with Crippen LogP contribution in [0.15, 0.2) is 59.5 Å². The van der Waals surface area contributed by atoms with Crippen molar-refractivity contribution < 1.29 is 19.3 Å². The molecule has 8 nitrogen and oxygen atoms in total. The van der Waals surface area contributed by atoms with Gasteiger partial charge in [0.1, 0.15) is 6.54 Å². The lowest BCUT2D eigenvalue weighted by Crippen LogP contribution is -2.36. The molecule has 1 saturated heterocycles. The Morgan fingerprint density at radius 2 is 1.89 bits per heavy atom. The van der Waals surface area contributed by atoms with Crippen LogP contribution in [0.2, 0.25) is 0 Å². The fourth-order valence-corrected chi connectivity index (χ4v) is 3.22. The lowest BCUT2D eigenvalue weighted by Gasteiger charge is -2.12. The highest BCUT2D eigenvalue weighted by molar-refractivity contribution is 8.18. The summed E-state index contributed by atoms with van der Waals surface area (Å²) in [7, 11) is 0. The summed E-state index contributed by atoms with van der Waals surface area (Å²) in [6, 6.07) is 14.4. The van der Waals surface area contributed by atoms with E-state index in [1.807, 2.05) is 18.2 Å². The Morgan fingerprint density at radius 3 is 2.59 bits per heavy atom. The molecule has 1 heterocycles. The first-order valence-electron chi connectivity index (χ1n) is 7.79. The van der Waals surface area contributed by atoms with Gasteiger partial charge in [0.2, 0.25) is 5.91 Å². The van der Waals surface area contributed by atoms with Gasteiger partial charge in [0.25, 0.3) is 16.8 Å². The van der Waals surface area contributed by atoms with E-state index in [-0.39, 0.29) is 16.3 Å². The number of nitro benzene ring substituents is 1. The maximum Gasteiger partial charge on any atom is 0.294 e. The molecule has 0 saturated carbocycles. The highest BCUT2D eigenvalue weighted by Gasteiger charge is 2.36. The SMILES string of the molecule is O=C(CN1C(=O)S/C(=C/c2ccccc2)C1=O)Nc1cccc([N+](=O)[O-])c1. The van der Waals surface area contributed by atoms with Crippen molar-refractivity contribution in [2.45, 2.75) is 0 Å². The van der Waals surface area contributed by atoms with Gasteiger partial charge in [0, 0.05) is 17.8 Å². The average molecular weight is 383 g/mol. The predicted molar refractivity (Wildman–Crippen MR) is 101 cm³/mol. The van der Waals surface area contributed by atoms with Gasteiger partial charge in [-0.05, 0) is 29.5 Å². The van der Waals surface area contributed by atoms with Crippen molar-refractivity contribution in [2.75, 3.05) is 11.9 Å². The molecule has 3 rings (SSSR count). The third-order valence-electron chi connectivity index (χ3n) is 3.61. The largest absolute Gasteiger partial charge is 0.324 e. The number of nitrogens with zero attached hydrogens (tertiary/aromatic N) is 2. The Hall–Kier alpha value is -3.46. The van der Waals surface area contributed by atoms with Crippen molar-refractivity contribution in [3.8, 4) is 0 Å². The number of benzene rings is 2. The van der Waals surface area contributed by atoms with Crippen LogP contribution in [-0.2, 0) is 9.59 Å². The summed E-state index contributed by atoms with van der Waals surface area (Å²) in [5.41, 5.74) is 0.801. The van der Waals surface area contributed by atoms with Crippen LogP contribution in [0.25, 0.3) is 6.08 Å². The van der Waals surface area contributed by atoms with Gasteiger partial charge < -0.3 is 5.32 Å². The number of carbonyl (C=O) groups excluding carboxylic acids is 3. The van der Waals surface area contributed by atoms with Crippen LogP contribution >= 0.6 is 11.8 Å². The van der Waals surface area contributed by atoms with Crippen LogP contribution in [0, 0.1) is 10.1 Å². The second-order valence-electron chi connectivity index (χ2n) is 5.53. The van der Waals surface area contributed by atoms with E-state index in [4.69, 9.17) is 0 Å². The van der Waals surface area contributed by atoms with Gasteiger partial charge in [-0.25, -0.2) is 0 Å². The first-order valence-corrected chi connectivity index (χ1v) is 8.60. The molecule has 1 aliphatic heterocycles. The molecule has 1 fully saturated rings. The summed E-state index contributed by atoms with van der Waals surface area (Å²) in [6.07, 6.45) is 1.59. The average Bonchev–Trinajstić information content (AvgIpc) is 2.90. The standard InChI is InChI=1S/C18H13N3O5S/c22-16(19-13-7-4-8-14(10-13)21(25)26)11-20-17(23)15(27-18(20)24)9-12-5-2-1-3-6-12/h1-10H,11H2,(H,19,22)/b15-9+. The summed E-state index contributed by atoms with van der Waals surface area (Å²) in [5, 5.41) is 12.7. The van der Waals surface area contributed by atoms with Crippen LogP contribution in [0.5, 0.6) is 0 Å². The van der Waals surface area contributed by atoms with Crippen molar-refractivity contribution in [3.05, 3.63) is 75.2 Å². The van der Waals surface area contributed by atoms with Gasteiger partial charge in [-0.1, -0.05) is 36.4 Å². The van der Waals surface area contributed by atoms with Crippen LogP contribution < -0.4 is 5.32 Å². The molecule has 0 aliphatic carbocycles. The van der Waals surface area contributed by atoms with E-state index in [0.29, 0.717) is 0 Å². The first kappa shape index (κ1) is 18.3. The van der Waals surface area contributed by atoms with Crippen LogP contribution in [-0.4, -0.2) is 33.4 Å². The minimum atomic E-state index is -0.626. The number of hydrogen-bond acceptors (Lipinski definition) is 6. The monoisotopic (exact) mass is 383 g/mol. The van der Waals surface area contributed by atoms with Crippen LogP contribution in [0.4, 0.5) is 16.2 Å². The summed E-state index contributed by atoms with van der Waals surface area (Å²) < 4.78 is 0. The summed E-state index contributed by atoms with van der Waals surface area (Å²) in [6.45, 7) is -0.473. The number of non-ortho nitro benzene ring substituents is 1. The van der Waals surface area contributed by atoms with Crippen molar-refractivity contribution in [3.63, 3.8) is 0 Å². The maximum atomic E-state index is 12.4. The Balaban J connectivity index is 1.68. The number of nitrogens with one attached hydrogen (secondary N) is 1. The molecular weight excluding hydrogens is 370 g/mol. The highest BCUT2D eigenvalue weighted by atomic mass is 32.2. The fourth-order valence-electron chi connectivity index (χ4n) is 2.38. The molecule has 2 aromatic carbocycles. The Labute approximate surface area is 158 Å². The zero-order valence-electron chi connectivity index (χ0n) is 13.8. The molecule has 0 bridgehead atoms. The number of amides is 3. The molecule has 0 aromatic heterocycles. The fraction of sp³-hybridized carbons (Fsp3) is 0.0556. The van der Waals surface area contributed by atoms with E-state index in [0.717, 1.165) is 22.2 Å². The zero-order chi connectivity index (χ0) is 19.4. The van der Waals surface area contributed by atoms with Gasteiger partial charge in [-0.15, -0.1) is 0 Å². The molecule has 1 N–H and O–H groups in total. The van der Waals surface area contributed by atoms with Gasteiger partial charge in [-0.3, -0.25) is 29.4 Å². The third-order valence-corrected chi connectivity index (χ3v) is 4.52. The smallest absolute Gasteiger partial charge is 0.294 e. The first-order chi connectivity index (χ1) is 12.9. The molecule has 27 heavy (non-hydrogen) atoms. The molecule has 0 radical (unpaired) electrons. The molecule has 0 atom stereocenters. The Kier molecular flexibility index (Phi) is 5.32. The minimum absolute atomic E-state index is 0.176. The summed E-state index contributed by atoms with van der Waals surface area (Å²) in [4.78, 5) is 47.9. The molecule has 136 valence electrons. The van der Waals surface area contributed by atoms with Gasteiger partial charge in [0.05, 0.1) is 9.83 Å². The van der Waals surface area contributed by atoms with E-state index in [1.54, 1.807) is 18.2 Å². The van der Waals surface area contributed by atoms with Crippen LogP contribution in [0.3, 0.4) is 0 Å². The number of nitro groups is 1. The topological polar surface area (TPSA) is 110 Å². The molecule has 3 amide bonds. The lowest BCUT2D eigenvalue weighted by atomic mass is 10.2. The van der Waals surface area contributed by atoms with E-state index in [2.05, 4.69) is 5.32 Å². The van der Waals surface area contributed by atoms with Gasteiger partial charge >= 0.3 is 0 Å². The highest BCUT2D eigenvalue weighted by Crippen LogP contribution is 2.32. The van der Waals surface area contributed by atoms with Crippen molar-refractivity contribution >= 4 is 46.3 Å². The van der Waals surface area contributed by atoms with Gasteiger partial charge in [0.15, 0.2) is 0 Å². The summed E-state index contributed by atoms with van der Waals surface area (Å²) in [5.74, 6) is -1.18. The van der Waals surface area contributed by atoms with Crippen molar-refractivity contribution in [2.24, 2.45) is 0 Å². The van der Waals surface area contributed by atoms with E-state index in [1.165, 1.54) is 24.3 Å². The number of anilines is 1. The Morgan fingerprint density at radius 1 is 1.15 bits per heavy atom. The van der Waals surface area contributed by atoms with Gasteiger partial charge in [-0.2, -0.15) is 0 Å². The number of hydrogen-bond donors (Lipinski definition) is 1. The molecule has 1 aliphatic rings. The second kappa shape index (κ2) is 7.83. The number of rotatable bonds is 5. The third kappa shape index (κ3) is 4.39.